The summed E-state index contributed by atoms with van der Waals surface area (Å²) in [6.07, 6.45) is 0.331. The van der Waals surface area contributed by atoms with Gasteiger partial charge in [-0.25, -0.2) is 0 Å². The lowest BCUT2D eigenvalue weighted by atomic mass is 10.0. The van der Waals surface area contributed by atoms with E-state index in [-0.39, 0.29) is 26.9 Å². The second kappa shape index (κ2) is 11.0. The molecule has 0 aromatic heterocycles. The molecule has 4 rings (SSSR count). The van der Waals surface area contributed by atoms with Gasteiger partial charge < -0.3 is 15.2 Å². The van der Waals surface area contributed by atoms with Gasteiger partial charge in [-0.15, -0.1) is 10.2 Å². The van der Waals surface area contributed by atoms with Crippen LogP contribution in [0.1, 0.15) is 22.8 Å². The van der Waals surface area contributed by atoms with Crippen molar-refractivity contribution in [1.29, 1.82) is 0 Å². The number of nitrogens with one attached hydrogen (secondary N) is 1. The summed E-state index contributed by atoms with van der Waals surface area (Å²) >= 11 is 12.3. The highest BCUT2D eigenvalue weighted by molar-refractivity contribution is 7.85. The van der Waals surface area contributed by atoms with Crippen LogP contribution in [0.3, 0.4) is 0 Å². The monoisotopic (exact) mass is 573 g/mol. The number of phenols is 1. The van der Waals surface area contributed by atoms with Crippen molar-refractivity contribution in [2.75, 3.05) is 12.4 Å². The van der Waals surface area contributed by atoms with Gasteiger partial charge >= 0.3 is 0 Å². The summed E-state index contributed by atoms with van der Waals surface area (Å²) in [6.45, 7) is 1.75. The Hall–Kier alpha value is -3.70. The molecule has 0 saturated carbocycles. The number of aromatic hydroxyl groups is 1. The van der Waals surface area contributed by atoms with E-state index in [1.54, 1.807) is 49.4 Å². The van der Waals surface area contributed by atoms with Crippen molar-refractivity contribution in [2.24, 2.45) is 10.2 Å². The first-order valence-electron chi connectivity index (χ1n) is 11.1. The predicted octanol–water partition coefficient (Wildman–Crippen LogP) is 7.34. The van der Waals surface area contributed by atoms with Gasteiger partial charge in [-0.1, -0.05) is 54.4 Å². The number of hydrogen-bond acceptors (Lipinski definition) is 7. The Kier molecular flexibility index (Phi) is 7.89. The molecule has 0 radical (unpaired) electrons. The number of hydrogen-bond donors (Lipinski definition) is 3. The zero-order valence-corrected chi connectivity index (χ0v) is 22.4. The summed E-state index contributed by atoms with van der Waals surface area (Å²) in [4.78, 5) is 12.8. The highest BCUT2D eigenvalue weighted by atomic mass is 35.5. The van der Waals surface area contributed by atoms with Crippen molar-refractivity contribution in [1.82, 2.24) is 0 Å². The Morgan fingerprint density at radius 1 is 1.00 bits per heavy atom. The van der Waals surface area contributed by atoms with E-state index in [0.29, 0.717) is 39.2 Å². The van der Waals surface area contributed by atoms with E-state index in [1.807, 2.05) is 0 Å². The maximum Gasteiger partial charge on any atom is 0.294 e. The minimum Gasteiger partial charge on any atom is -0.505 e. The molecular weight excluding hydrogens is 553 g/mol. The fourth-order valence-corrected chi connectivity index (χ4v) is 4.88. The van der Waals surface area contributed by atoms with Crippen LogP contribution in [0.15, 0.2) is 75.8 Å². The maximum absolute atomic E-state index is 13.2. The molecule has 0 aliphatic rings. The van der Waals surface area contributed by atoms with E-state index < -0.39 is 21.8 Å². The minimum atomic E-state index is -4.48. The Balaban J connectivity index is 1.80. The molecule has 0 unspecified atom stereocenters. The third kappa shape index (κ3) is 5.58. The smallest absolute Gasteiger partial charge is 0.294 e. The molecular formula is C26H21Cl2N3O6S. The molecule has 4 aromatic carbocycles. The van der Waals surface area contributed by atoms with Crippen molar-refractivity contribution in [2.45, 2.75) is 18.2 Å². The number of amides is 1. The molecule has 0 spiro atoms. The van der Waals surface area contributed by atoms with Crippen LogP contribution in [0.5, 0.6) is 11.5 Å². The van der Waals surface area contributed by atoms with Gasteiger partial charge in [-0.3, -0.25) is 9.35 Å². The third-order valence-corrected chi connectivity index (χ3v) is 7.13. The van der Waals surface area contributed by atoms with Gasteiger partial charge in [0, 0.05) is 17.1 Å². The SMILES string of the molecule is CCc1cc(S(=O)(=O)O)cc(Cl)c1N=Nc1c(O)c(C(=O)Nc2ccc(Cl)c(OC)c2)cc2ccccc12. The summed E-state index contributed by atoms with van der Waals surface area (Å²) in [5, 5.41) is 23.6. The second-order valence-corrected chi connectivity index (χ2v) is 10.3. The molecule has 196 valence electrons. The molecule has 0 fully saturated rings. The summed E-state index contributed by atoms with van der Waals surface area (Å²) < 4.78 is 37.7. The number of carbonyl (C=O) groups is 1. The first-order chi connectivity index (χ1) is 18.0. The number of rotatable bonds is 7. The van der Waals surface area contributed by atoms with E-state index >= 15 is 0 Å². The average Bonchev–Trinajstić information content (AvgIpc) is 2.88. The van der Waals surface area contributed by atoms with Crippen molar-refractivity contribution >= 4 is 67.1 Å². The molecule has 1 amide bonds. The lowest BCUT2D eigenvalue weighted by molar-refractivity contribution is 0.102. The van der Waals surface area contributed by atoms with E-state index in [9.17, 15) is 22.9 Å². The van der Waals surface area contributed by atoms with Crippen LogP contribution in [-0.2, 0) is 16.5 Å². The number of carbonyl (C=O) groups excluding carboxylic acids is 1. The summed E-state index contributed by atoms with van der Waals surface area (Å²) in [5.74, 6) is -0.668. The molecule has 9 nitrogen and oxygen atoms in total. The zero-order chi connectivity index (χ0) is 27.6. The van der Waals surface area contributed by atoms with Gasteiger partial charge in [0.2, 0.25) is 0 Å². The lowest BCUT2D eigenvalue weighted by Crippen LogP contribution is -2.12. The van der Waals surface area contributed by atoms with Crippen molar-refractivity contribution < 1.29 is 27.6 Å². The number of benzene rings is 4. The van der Waals surface area contributed by atoms with Gasteiger partial charge in [-0.2, -0.15) is 8.42 Å². The van der Waals surface area contributed by atoms with E-state index in [4.69, 9.17) is 27.9 Å². The minimum absolute atomic E-state index is 0.0129. The van der Waals surface area contributed by atoms with Crippen molar-refractivity contribution in [3.05, 3.63) is 81.8 Å². The number of azo groups is 1. The van der Waals surface area contributed by atoms with Crippen molar-refractivity contribution in [3.63, 3.8) is 0 Å². The van der Waals surface area contributed by atoms with Crippen LogP contribution < -0.4 is 10.1 Å². The summed E-state index contributed by atoms with van der Waals surface area (Å²) in [5.41, 5.74) is 0.913. The molecule has 0 atom stereocenters. The van der Waals surface area contributed by atoms with E-state index in [2.05, 4.69) is 15.5 Å². The number of halogens is 2. The largest absolute Gasteiger partial charge is 0.505 e. The van der Waals surface area contributed by atoms with E-state index in [0.717, 1.165) is 6.07 Å². The van der Waals surface area contributed by atoms with Crippen LogP contribution in [0.25, 0.3) is 10.8 Å². The molecule has 3 N–H and O–H groups in total. The summed E-state index contributed by atoms with van der Waals surface area (Å²) in [6, 6.07) is 15.5. The fourth-order valence-electron chi connectivity index (χ4n) is 3.79. The molecule has 0 aliphatic heterocycles. The summed E-state index contributed by atoms with van der Waals surface area (Å²) in [7, 11) is -3.03. The topological polar surface area (TPSA) is 138 Å². The fraction of sp³-hybridized carbons (Fsp3) is 0.115. The van der Waals surface area contributed by atoms with Gasteiger partial charge in [0.05, 0.1) is 27.6 Å². The lowest BCUT2D eigenvalue weighted by Gasteiger charge is -2.12. The number of anilines is 1. The third-order valence-electron chi connectivity index (χ3n) is 5.69. The number of fused-ring (bicyclic) bond motifs is 1. The van der Waals surface area contributed by atoms with Crippen LogP contribution in [-0.4, -0.2) is 31.1 Å². The Morgan fingerprint density at radius 3 is 2.39 bits per heavy atom. The normalized spacial score (nSPS) is 11.7. The predicted molar refractivity (Wildman–Crippen MR) is 146 cm³/mol. The molecule has 4 aromatic rings. The van der Waals surface area contributed by atoms with Gasteiger partial charge in [0.1, 0.15) is 17.1 Å². The van der Waals surface area contributed by atoms with Crippen molar-refractivity contribution in [3.8, 4) is 11.5 Å². The van der Waals surface area contributed by atoms with Gasteiger partial charge in [0.15, 0.2) is 5.75 Å². The Morgan fingerprint density at radius 2 is 1.71 bits per heavy atom. The zero-order valence-electron chi connectivity index (χ0n) is 20.1. The number of ether oxygens (including phenoxy) is 1. The number of aryl methyl sites for hydroxylation is 1. The first-order valence-corrected chi connectivity index (χ1v) is 13.3. The second-order valence-electron chi connectivity index (χ2n) is 8.09. The number of nitrogens with zero attached hydrogens (tertiary/aromatic N) is 2. The quantitative estimate of drug-likeness (QED) is 0.156. The Labute approximate surface area is 228 Å². The molecule has 38 heavy (non-hydrogen) atoms. The van der Waals surface area contributed by atoms with Crippen LogP contribution in [0, 0.1) is 0 Å². The maximum atomic E-state index is 13.2. The molecule has 0 aliphatic carbocycles. The molecule has 0 heterocycles. The van der Waals surface area contributed by atoms with Crippen LogP contribution in [0.2, 0.25) is 10.0 Å². The average molecular weight is 574 g/mol. The molecule has 0 bridgehead atoms. The highest BCUT2D eigenvalue weighted by Gasteiger charge is 2.20. The molecule has 0 saturated heterocycles. The van der Waals surface area contributed by atoms with Crippen LogP contribution in [0.4, 0.5) is 17.1 Å². The first kappa shape index (κ1) is 27.3. The highest BCUT2D eigenvalue weighted by Crippen LogP contribution is 2.41. The number of methoxy groups -OCH3 is 1. The van der Waals surface area contributed by atoms with E-state index in [1.165, 1.54) is 19.2 Å². The van der Waals surface area contributed by atoms with Gasteiger partial charge in [-0.05, 0) is 47.7 Å². The van der Waals surface area contributed by atoms with Crippen LogP contribution >= 0.6 is 23.2 Å². The molecule has 12 heteroatoms. The standard InChI is InChI=1S/C26H21Cl2N3O6S/c1-3-14-10-17(38(34,35)36)13-21(28)23(14)30-31-24-18-7-5-4-6-15(18)11-19(25(24)32)26(33)29-16-8-9-20(27)22(12-16)37-2/h4-13,32H,3H2,1-2H3,(H,29,33)(H,34,35,36). The van der Waals surface area contributed by atoms with Gasteiger partial charge in [0.25, 0.3) is 16.0 Å². The number of phenolic OH excluding ortho intramolecular Hbond substituents is 1. The Bertz CT molecular complexity index is 1710.